The molecule has 3 heteroatoms. The molecule has 0 atom stereocenters. The van der Waals surface area contributed by atoms with Crippen molar-refractivity contribution in [3.8, 4) is 0 Å². The van der Waals surface area contributed by atoms with E-state index in [1.165, 1.54) is 31.4 Å². The van der Waals surface area contributed by atoms with Gasteiger partial charge in [-0.15, -0.1) is 0 Å². The number of allylic oxidation sites excluding steroid dienone is 2. The molecule has 0 saturated heterocycles. The van der Waals surface area contributed by atoms with Gasteiger partial charge in [0.05, 0.1) is 0 Å². The number of halogens is 3. The van der Waals surface area contributed by atoms with Crippen molar-refractivity contribution in [3.05, 3.63) is 47.3 Å². The van der Waals surface area contributed by atoms with Gasteiger partial charge in [0.15, 0.2) is 17.5 Å². The summed E-state index contributed by atoms with van der Waals surface area (Å²) in [5.41, 5.74) is 0.615. The SMILES string of the molecule is CC/C=C/CCCCC1CCC(c2cc(F)c(F)c(F)c2)CC1. The molecule has 1 fully saturated rings. The minimum absolute atomic E-state index is 0.170. The second-order valence-electron chi connectivity index (χ2n) is 6.68. The van der Waals surface area contributed by atoms with Gasteiger partial charge < -0.3 is 0 Å². The van der Waals surface area contributed by atoms with Gasteiger partial charge in [-0.3, -0.25) is 0 Å². The molecule has 0 unspecified atom stereocenters. The van der Waals surface area contributed by atoms with Crippen LogP contribution in [0.15, 0.2) is 24.3 Å². The Morgan fingerprint density at radius 1 is 0.957 bits per heavy atom. The Balaban J connectivity index is 1.75. The monoisotopic (exact) mass is 324 g/mol. The van der Waals surface area contributed by atoms with Crippen LogP contribution >= 0.6 is 0 Å². The summed E-state index contributed by atoms with van der Waals surface area (Å²) in [5, 5.41) is 0. The molecule has 1 saturated carbocycles. The van der Waals surface area contributed by atoms with Crippen molar-refractivity contribution in [3.63, 3.8) is 0 Å². The van der Waals surface area contributed by atoms with Crippen molar-refractivity contribution in [1.82, 2.24) is 0 Å². The molecule has 23 heavy (non-hydrogen) atoms. The Kier molecular flexibility index (Phi) is 7.19. The lowest BCUT2D eigenvalue weighted by Gasteiger charge is -2.29. The molecule has 0 nitrogen and oxygen atoms in total. The summed E-state index contributed by atoms with van der Waals surface area (Å²) in [6.07, 6.45) is 14.6. The van der Waals surface area contributed by atoms with Crippen LogP contribution in [0.1, 0.15) is 76.2 Å². The predicted molar refractivity (Wildman–Crippen MR) is 88.9 cm³/mol. The van der Waals surface area contributed by atoms with Crippen molar-refractivity contribution in [2.24, 2.45) is 5.92 Å². The van der Waals surface area contributed by atoms with Gasteiger partial charge in [-0.05, 0) is 74.5 Å². The molecule has 2 rings (SSSR count). The van der Waals surface area contributed by atoms with Gasteiger partial charge in [-0.1, -0.05) is 31.9 Å². The lowest BCUT2D eigenvalue weighted by Crippen LogP contribution is -2.14. The van der Waals surface area contributed by atoms with E-state index in [-0.39, 0.29) is 5.92 Å². The fourth-order valence-electron chi connectivity index (χ4n) is 3.58. The van der Waals surface area contributed by atoms with Crippen LogP contribution in [0, 0.1) is 23.4 Å². The Labute approximate surface area is 137 Å². The maximum absolute atomic E-state index is 13.3. The third kappa shape index (κ3) is 5.40. The second kappa shape index (κ2) is 9.14. The van der Waals surface area contributed by atoms with Crippen molar-refractivity contribution in [2.75, 3.05) is 0 Å². The summed E-state index contributed by atoms with van der Waals surface area (Å²) in [5.74, 6) is -2.59. The van der Waals surface area contributed by atoms with Gasteiger partial charge in [-0.25, -0.2) is 13.2 Å². The average Bonchev–Trinajstić information content (AvgIpc) is 2.56. The van der Waals surface area contributed by atoms with Crippen LogP contribution in [0.4, 0.5) is 13.2 Å². The normalized spacial score (nSPS) is 21.9. The van der Waals surface area contributed by atoms with E-state index in [0.29, 0.717) is 5.56 Å². The van der Waals surface area contributed by atoms with E-state index >= 15 is 0 Å². The van der Waals surface area contributed by atoms with Crippen LogP contribution in [-0.4, -0.2) is 0 Å². The highest BCUT2D eigenvalue weighted by Crippen LogP contribution is 2.38. The van der Waals surface area contributed by atoms with Gasteiger partial charge in [0, 0.05) is 0 Å². The average molecular weight is 324 g/mol. The van der Waals surface area contributed by atoms with Crippen molar-refractivity contribution >= 4 is 0 Å². The van der Waals surface area contributed by atoms with Crippen LogP contribution in [0.25, 0.3) is 0 Å². The van der Waals surface area contributed by atoms with Crippen LogP contribution in [-0.2, 0) is 0 Å². The highest BCUT2D eigenvalue weighted by Gasteiger charge is 2.24. The molecular weight excluding hydrogens is 297 g/mol. The molecule has 0 amide bonds. The fraction of sp³-hybridized carbons (Fsp3) is 0.600. The maximum atomic E-state index is 13.3. The van der Waals surface area contributed by atoms with Crippen molar-refractivity contribution in [1.29, 1.82) is 0 Å². The smallest absolute Gasteiger partial charge is 0.194 e. The molecule has 0 N–H and O–H groups in total. The topological polar surface area (TPSA) is 0 Å². The predicted octanol–water partition coefficient (Wildman–Crippen LogP) is 6.90. The summed E-state index contributed by atoms with van der Waals surface area (Å²) < 4.78 is 39.7. The van der Waals surface area contributed by atoms with Crippen LogP contribution < -0.4 is 0 Å². The summed E-state index contributed by atoms with van der Waals surface area (Å²) >= 11 is 0. The van der Waals surface area contributed by atoms with E-state index in [1.807, 2.05) is 0 Å². The van der Waals surface area contributed by atoms with Gasteiger partial charge in [0.25, 0.3) is 0 Å². The fourth-order valence-corrected chi connectivity index (χ4v) is 3.58. The zero-order valence-corrected chi connectivity index (χ0v) is 14.0. The minimum Gasteiger partial charge on any atom is -0.204 e. The molecule has 1 aromatic rings. The van der Waals surface area contributed by atoms with E-state index in [4.69, 9.17) is 0 Å². The quantitative estimate of drug-likeness (QED) is 0.290. The third-order valence-corrected chi connectivity index (χ3v) is 4.96. The van der Waals surface area contributed by atoms with Gasteiger partial charge >= 0.3 is 0 Å². The number of benzene rings is 1. The second-order valence-corrected chi connectivity index (χ2v) is 6.68. The number of unbranched alkanes of at least 4 members (excludes halogenated alkanes) is 2. The van der Waals surface area contributed by atoms with E-state index in [0.717, 1.165) is 44.4 Å². The number of hydrogen-bond donors (Lipinski definition) is 0. The van der Waals surface area contributed by atoms with Crippen molar-refractivity contribution in [2.45, 2.75) is 70.6 Å². The van der Waals surface area contributed by atoms with Crippen LogP contribution in [0.5, 0.6) is 0 Å². The molecule has 1 aromatic carbocycles. The van der Waals surface area contributed by atoms with Crippen LogP contribution in [0.2, 0.25) is 0 Å². The number of rotatable bonds is 7. The lowest BCUT2D eigenvalue weighted by atomic mass is 9.77. The summed E-state index contributed by atoms with van der Waals surface area (Å²) in [6.45, 7) is 2.15. The zero-order chi connectivity index (χ0) is 16.7. The van der Waals surface area contributed by atoms with Crippen LogP contribution in [0.3, 0.4) is 0 Å². The maximum Gasteiger partial charge on any atom is 0.194 e. The lowest BCUT2D eigenvalue weighted by molar-refractivity contribution is 0.302. The van der Waals surface area contributed by atoms with E-state index < -0.39 is 17.5 Å². The molecule has 0 aromatic heterocycles. The largest absolute Gasteiger partial charge is 0.204 e. The third-order valence-electron chi connectivity index (χ3n) is 4.96. The Morgan fingerprint density at radius 2 is 1.61 bits per heavy atom. The first-order chi connectivity index (χ1) is 11.1. The molecule has 1 aliphatic rings. The summed E-state index contributed by atoms with van der Waals surface area (Å²) in [6, 6.07) is 2.34. The highest BCUT2D eigenvalue weighted by molar-refractivity contribution is 5.23. The molecule has 0 heterocycles. The molecule has 128 valence electrons. The molecular formula is C20H27F3. The Bertz CT molecular complexity index is 491. The standard InChI is InChI=1S/C20H27F3/c1-2-3-4-5-6-7-8-15-9-11-16(12-10-15)17-13-18(21)20(23)19(22)14-17/h3-4,13-16H,2,5-12H2,1H3/b4-3+. The van der Waals surface area contributed by atoms with E-state index in [9.17, 15) is 13.2 Å². The highest BCUT2D eigenvalue weighted by atomic mass is 19.2. The summed E-state index contributed by atoms with van der Waals surface area (Å²) in [4.78, 5) is 0. The molecule has 0 radical (unpaired) electrons. The molecule has 0 bridgehead atoms. The Hall–Kier alpha value is -1.25. The Morgan fingerprint density at radius 3 is 2.22 bits per heavy atom. The minimum atomic E-state index is -1.36. The molecule has 0 spiro atoms. The zero-order valence-electron chi connectivity index (χ0n) is 14.0. The first-order valence-corrected chi connectivity index (χ1v) is 8.91. The van der Waals surface area contributed by atoms with Gasteiger partial charge in [0.2, 0.25) is 0 Å². The first-order valence-electron chi connectivity index (χ1n) is 8.91. The first kappa shape index (κ1) is 18.1. The van der Waals surface area contributed by atoms with Gasteiger partial charge in [0.1, 0.15) is 0 Å². The molecule has 1 aliphatic carbocycles. The van der Waals surface area contributed by atoms with E-state index in [2.05, 4.69) is 19.1 Å². The van der Waals surface area contributed by atoms with Crippen molar-refractivity contribution < 1.29 is 13.2 Å². The van der Waals surface area contributed by atoms with Gasteiger partial charge in [-0.2, -0.15) is 0 Å². The number of hydrogen-bond acceptors (Lipinski definition) is 0. The van der Waals surface area contributed by atoms with E-state index in [1.54, 1.807) is 0 Å². The summed E-state index contributed by atoms with van der Waals surface area (Å²) in [7, 11) is 0. The molecule has 0 aliphatic heterocycles.